The van der Waals surface area contributed by atoms with Crippen LogP contribution in [0, 0.1) is 5.92 Å². The van der Waals surface area contributed by atoms with E-state index in [4.69, 9.17) is 21.1 Å². The number of benzene rings is 1. The van der Waals surface area contributed by atoms with Gasteiger partial charge in [-0.25, -0.2) is 0 Å². The molecule has 1 aromatic carbocycles. The molecule has 2 saturated heterocycles. The molecule has 0 aromatic heterocycles. The fourth-order valence-electron chi connectivity index (χ4n) is 3.86. The maximum Gasteiger partial charge on any atom is 0.227 e. The highest BCUT2D eigenvalue weighted by Crippen LogP contribution is 2.43. The lowest BCUT2D eigenvalue weighted by molar-refractivity contribution is -0.125. The van der Waals surface area contributed by atoms with E-state index in [1.54, 1.807) is 0 Å². The van der Waals surface area contributed by atoms with Crippen LogP contribution in [0.5, 0.6) is 5.75 Å². The minimum atomic E-state index is -0.109. The van der Waals surface area contributed by atoms with Gasteiger partial charge in [0.05, 0.1) is 31.8 Å². The third-order valence-corrected chi connectivity index (χ3v) is 5.36. The molecule has 24 heavy (non-hydrogen) atoms. The summed E-state index contributed by atoms with van der Waals surface area (Å²) in [5.41, 5.74) is 2.27. The number of carbonyl (C=O) groups excluding carboxylic acids is 1. The molecule has 1 N–H and O–H groups in total. The zero-order valence-electron chi connectivity index (χ0n) is 14.1. The molecule has 2 fully saturated rings. The van der Waals surface area contributed by atoms with Crippen molar-refractivity contribution in [2.75, 3.05) is 32.9 Å². The third-order valence-electron chi connectivity index (χ3n) is 5.14. The molecule has 1 aromatic rings. The number of amides is 1. The van der Waals surface area contributed by atoms with Gasteiger partial charge in [-0.1, -0.05) is 25.4 Å². The summed E-state index contributed by atoms with van der Waals surface area (Å²) in [7, 11) is 0. The van der Waals surface area contributed by atoms with Gasteiger partial charge in [-0.2, -0.15) is 0 Å². The first-order valence-corrected chi connectivity index (χ1v) is 8.86. The Labute approximate surface area is 147 Å². The summed E-state index contributed by atoms with van der Waals surface area (Å²) in [4.78, 5) is 14.5. The zero-order chi connectivity index (χ0) is 16.9. The van der Waals surface area contributed by atoms with Crippen LogP contribution in [0.15, 0.2) is 12.1 Å². The Balaban J connectivity index is 1.61. The van der Waals surface area contributed by atoms with E-state index >= 15 is 0 Å². The first kappa shape index (κ1) is 16.2. The van der Waals surface area contributed by atoms with Crippen LogP contribution < -0.4 is 10.1 Å². The topological polar surface area (TPSA) is 50.8 Å². The number of ether oxygens (including phenoxy) is 2. The van der Waals surface area contributed by atoms with Gasteiger partial charge in [0.1, 0.15) is 5.75 Å². The summed E-state index contributed by atoms with van der Waals surface area (Å²) in [6.45, 7) is 8.33. The second-order valence-corrected chi connectivity index (χ2v) is 8.18. The molecule has 5 nitrogen and oxygen atoms in total. The molecule has 6 heteroatoms. The Morgan fingerprint density at radius 2 is 2.17 bits per heavy atom. The van der Waals surface area contributed by atoms with E-state index in [1.165, 1.54) is 5.56 Å². The molecule has 3 aliphatic heterocycles. The lowest BCUT2D eigenvalue weighted by atomic mass is 9.86. The molecule has 3 heterocycles. The van der Waals surface area contributed by atoms with E-state index in [1.807, 2.05) is 12.1 Å². The molecule has 3 aliphatic rings. The van der Waals surface area contributed by atoms with Gasteiger partial charge < -0.3 is 14.8 Å². The predicted octanol–water partition coefficient (Wildman–Crippen LogP) is 1.96. The van der Waals surface area contributed by atoms with Crippen molar-refractivity contribution < 1.29 is 14.3 Å². The van der Waals surface area contributed by atoms with E-state index < -0.39 is 0 Å². The van der Waals surface area contributed by atoms with Gasteiger partial charge in [0.15, 0.2) is 0 Å². The van der Waals surface area contributed by atoms with Crippen LogP contribution in [0.1, 0.15) is 25.0 Å². The highest BCUT2D eigenvalue weighted by molar-refractivity contribution is 6.30. The highest BCUT2D eigenvalue weighted by Gasteiger charge is 2.36. The minimum absolute atomic E-state index is 0.0182. The molecule has 0 radical (unpaired) electrons. The quantitative estimate of drug-likeness (QED) is 0.886. The first-order chi connectivity index (χ1) is 11.4. The molecule has 2 atom stereocenters. The Kier molecular flexibility index (Phi) is 3.98. The van der Waals surface area contributed by atoms with Crippen LogP contribution in [0.2, 0.25) is 5.02 Å². The first-order valence-electron chi connectivity index (χ1n) is 8.48. The smallest absolute Gasteiger partial charge is 0.227 e. The van der Waals surface area contributed by atoms with Gasteiger partial charge in [0, 0.05) is 41.2 Å². The monoisotopic (exact) mass is 350 g/mol. The number of hydrogen-bond donors (Lipinski definition) is 1. The van der Waals surface area contributed by atoms with Crippen molar-refractivity contribution in [3.8, 4) is 5.75 Å². The van der Waals surface area contributed by atoms with Crippen LogP contribution in [0.4, 0.5) is 0 Å². The standard InChI is InChI=1S/C18H23ClN2O3/c1-18(2)10-24-16-11(3-13(19)4-15(16)18)5-21-6-12-8-23-9-14(7-21)20-17(12)22/h3-4,12,14H,5-10H2,1-2H3,(H,20,22)/t12-,14+/m1/s1. The normalized spacial score (nSPS) is 28.7. The molecule has 1 amide bonds. The van der Waals surface area contributed by atoms with E-state index in [0.717, 1.165) is 29.4 Å². The molecule has 4 rings (SSSR count). The Morgan fingerprint density at radius 1 is 1.33 bits per heavy atom. The summed E-state index contributed by atoms with van der Waals surface area (Å²) in [5, 5.41) is 3.82. The molecule has 130 valence electrons. The van der Waals surface area contributed by atoms with Crippen LogP contribution in [0.25, 0.3) is 0 Å². The van der Waals surface area contributed by atoms with Crippen molar-refractivity contribution in [1.82, 2.24) is 10.2 Å². The zero-order valence-corrected chi connectivity index (χ0v) is 14.9. The SMILES string of the molecule is CC1(C)COc2c(CN3C[C@H]4COC[C@@H](C3)C(=O)N4)cc(Cl)cc21. The average molecular weight is 351 g/mol. The summed E-state index contributed by atoms with van der Waals surface area (Å²) >= 11 is 6.36. The summed E-state index contributed by atoms with van der Waals surface area (Å²) < 4.78 is 11.6. The molecule has 0 unspecified atom stereocenters. The van der Waals surface area contributed by atoms with Crippen LogP contribution in [-0.2, 0) is 21.5 Å². The third kappa shape index (κ3) is 2.89. The van der Waals surface area contributed by atoms with Crippen LogP contribution in [-0.4, -0.2) is 49.8 Å². The number of rotatable bonds is 2. The maximum atomic E-state index is 12.2. The van der Waals surface area contributed by atoms with Crippen molar-refractivity contribution in [2.24, 2.45) is 5.92 Å². The Bertz CT molecular complexity index is 676. The van der Waals surface area contributed by atoms with E-state index in [2.05, 4.69) is 24.1 Å². The predicted molar refractivity (Wildman–Crippen MR) is 91.5 cm³/mol. The fraction of sp³-hybridized carbons (Fsp3) is 0.611. The van der Waals surface area contributed by atoms with Crippen molar-refractivity contribution >= 4 is 17.5 Å². The van der Waals surface area contributed by atoms with Gasteiger partial charge in [-0.3, -0.25) is 9.69 Å². The molecular weight excluding hydrogens is 328 g/mol. The van der Waals surface area contributed by atoms with Crippen molar-refractivity contribution in [1.29, 1.82) is 0 Å². The van der Waals surface area contributed by atoms with Gasteiger partial charge in [0.25, 0.3) is 0 Å². The number of hydrogen-bond acceptors (Lipinski definition) is 4. The summed E-state index contributed by atoms with van der Waals surface area (Å²) in [5.74, 6) is 0.963. The number of fused-ring (bicyclic) bond motifs is 4. The molecular formula is C18H23ClN2O3. The average Bonchev–Trinajstić information content (AvgIpc) is 2.62. The van der Waals surface area contributed by atoms with E-state index in [-0.39, 0.29) is 23.3 Å². The van der Waals surface area contributed by atoms with Gasteiger partial charge in [0.2, 0.25) is 5.91 Å². The number of nitrogens with zero attached hydrogens (tertiary/aromatic N) is 1. The number of carbonyl (C=O) groups is 1. The summed E-state index contributed by atoms with van der Waals surface area (Å²) in [6.07, 6.45) is 0. The second-order valence-electron chi connectivity index (χ2n) is 7.75. The number of halogens is 1. The van der Waals surface area contributed by atoms with Crippen LogP contribution in [0.3, 0.4) is 0 Å². The largest absolute Gasteiger partial charge is 0.492 e. The Morgan fingerprint density at radius 3 is 3.00 bits per heavy atom. The number of nitrogens with one attached hydrogen (secondary N) is 1. The van der Waals surface area contributed by atoms with Gasteiger partial charge in [-0.05, 0) is 12.1 Å². The van der Waals surface area contributed by atoms with Crippen molar-refractivity contribution in [2.45, 2.75) is 31.8 Å². The molecule has 0 saturated carbocycles. The van der Waals surface area contributed by atoms with Crippen LogP contribution >= 0.6 is 11.6 Å². The lowest BCUT2D eigenvalue weighted by Crippen LogP contribution is -2.41. The van der Waals surface area contributed by atoms with E-state index in [9.17, 15) is 4.79 Å². The minimum Gasteiger partial charge on any atom is -0.492 e. The van der Waals surface area contributed by atoms with Crippen molar-refractivity contribution in [3.63, 3.8) is 0 Å². The lowest BCUT2D eigenvalue weighted by Gasteiger charge is -2.28. The maximum absolute atomic E-state index is 12.2. The fourth-order valence-corrected chi connectivity index (χ4v) is 4.10. The molecule has 0 aliphatic carbocycles. The molecule has 2 bridgehead atoms. The highest BCUT2D eigenvalue weighted by atomic mass is 35.5. The Hall–Kier alpha value is -1.30. The van der Waals surface area contributed by atoms with Gasteiger partial charge >= 0.3 is 0 Å². The van der Waals surface area contributed by atoms with Crippen molar-refractivity contribution in [3.05, 3.63) is 28.3 Å². The van der Waals surface area contributed by atoms with E-state index in [0.29, 0.717) is 26.4 Å². The molecule has 0 spiro atoms. The van der Waals surface area contributed by atoms with Gasteiger partial charge in [-0.15, -0.1) is 0 Å². The second kappa shape index (κ2) is 5.90. The summed E-state index contributed by atoms with van der Waals surface area (Å²) in [6, 6.07) is 4.06.